The van der Waals surface area contributed by atoms with Gasteiger partial charge in [-0.1, -0.05) is 20.8 Å². The minimum atomic E-state index is -0.586. The monoisotopic (exact) mass is 206 g/mol. The summed E-state index contributed by atoms with van der Waals surface area (Å²) >= 11 is 0. The van der Waals surface area contributed by atoms with Crippen molar-refractivity contribution in [2.75, 3.05) is 0 Å². The van der Waals surface area contributed by atoms with Gasteiger partial charge in [-0.05, 0) is 36.2 Å². The van der Waals surface area contributed by atoms with Crippen molar-refractivity contribution in [3.05, 3.63) is 11.1 Å². The standard InChI is InChI=1S/C12H18N2O/c1-8-4-9(6-12(2,3)5-8)10(7-13)11(14)15/h8H,4-6H2,1-3H3,(H2,14,15)/b10-9+. The van der Waals surface area contributed by atoms with Crippen LogP contribution in [0.4, 0.5) is 0 Å². The predicted molar refractivity (Wildman–Crippen MR) is 58.6 cm³/mol. The van der Waals surface area contributed by atoms with E-state index in [1.807, 2.05) is 6.07 Å². The first kappa shape index (κ1) is 11.8. The molecule has 1 atom stereocenters. The first-order chi connectivity index (χ1) is 6.85. The summed E-state index contributed by atoms with van der Waals surface area (Å²) in [7, 11) is 0. The fraction of sp³-hybridized carbons (Fsp3) is 0.667. The van der Waals surface area contributed by atoms with Crippen molar-refractivity contribution in [2.24, 2.45) is 17.1 Å². The number of allylic oxidation sites excluding steroid dienone is 1. The fourth-order valence-electron chi connectivity index (χ4n) is 2.66. The maximum Gasteiger partial charge on any atom is 0.259 e. The Morgan fingerprint density at radius 1 is 1.60 bits per heavy atom. The Morgan fingerprint density at radius 2 is 2.20 bits per heavy atom. The average molecular weight is 206 g/mol. The molecular formula is C12H18N2O. The number of nitriles is 1. The van der Waals surface area contributed by atoms with Gasteiger partial charge in [0, 0.05) is 0 Å². The molecule has 2 N–H and O–H groups in total. The molecule has 3 heteroatoms. The summed E-state index contributed by atoms with van der Waals surface area (Å²) in [5, 5.41) is 8.90. The van der Waals surface area contributed by atoms with Gasteiger partial charge in [0.15, 0.2) is 0 Å². The van der Waals surface area contributed by atoms with Crippen LogP contribution in [0, 0.1) is 22.7 Å². The van der Waals surface area contributed by atoms with Crippen molar-refractivity contribution < 1.29 is 4.79 Å². The lowest BCUT2D eigenvalue weighted by Gasteiger charge is -2.35. The van der Waals surface area contributed by atoms with Crippen LogP contribution in [-0.2, 0) is 4.79 Å². The van der Waals surface area contributed by atoms with Crippen molar-refractivity contribution in [3.8, 4) is 6.07 Å². The van der Waals surface area contributed by atoms with Gasteiger partial charge >= 0.3 is 0 Å². The van der Waals surface area contributed by atoms with E-state index in [0.717, 1.165) is 24.8 Å². The first-order valence-electron chi connectivity index (χ1n) is 5.27. The normalized spacial score (nSPS) is 28.0. The summed E-state index contributed by atoms with van der Waals surface area (Å²) in [4.78, 5) is 11.1. The molecule has 1 aliphatic rings. The SMILES string of the molecule is CC1C/C(=C(/C#N)C(N)=O)CC(C)(C)C1. The number of nitrogens with two attached hydrogens (primary N) is 1. The van der Waals surface area contributed by atoms with Crippen molar-refractivity contribution >= 4 is 5.91 Å². The molecule has 15 heavy (non-hydrogen) atoms. The van der Waals surface area contributed by atoms with Crippen LogP contribution in [0.2, 0.25) is 0 Å². The predicted octanol–water partition coefficient (Wildman–Crippen LogP) is 2.14. The highest BCUT2D eigenvalue weighted by Crippen LogP contribution is 2.42. The van der Waals surface area contributed by atoms with Gasteiger partial charge in [-0.3, -0.25) is 4.79 Å². The zero-order valence-electron chi connectivity index (χ0n) is 9.63. The van der Waals surface area contributed by atoms with Crippen LogP contribution >= 0.6 is 0 Å². The molecule has 0 heterocycles. The number of hydrogen-bond donors (Lipinski definition) is 1. The summed E-state index contributed by atoms with van der Waals surface area (Å²) in [6.45, 7) is 6.48. The van der Waals surface area contributed by atoms with E-state index in [4.69, 9.17) is 11.0 Å². The van der Waals surface area contributed by atoms with Crippen LogP contribution in [0.1, 0.15) is 40.0 Å². The van der Waals surface area contributed by atoms with Gasteiger partial charge < -0.3 is 5.73 Å². The largest absolute Gasteiger partial charge is 0.365 e. The molecule has 1 unspecified atom stereocenters. The Bertz CT molecular complexity index is 347. The van der Waals surface area contributed by atoms with E-state index in [0.29, 0.717) is 5.92 Å². The van der Waals surface area contributed by atoms with E-state index >= 15 is 0 Å². The van der Waals surface area contributed by atoms with E-state index in [-0.39, 0.29) is 11.0 Å². The Kier molecular flexibility index (Phi) is 3.18. The molecule has 0 bridgehead atoms. The number of amides is 1. The van der Waals surface area contributed by atoms with Gasteiger partial charge in [0.2, 0.25) is 0 Å². The molecule has 0 aliphatic heterocycles. The molecule has 1 rings (SSSR count). The molecule has 82 valence electrons. The average Bonchev–Trinajstić information content (AvgIpc) is 1.99. The van der Waals surface area contributed by atoms with E-state index in [9.17, 15) is 4.79 Å². The lowest BCUT2D eigenvalue weighted by atomic mass is 9.69. The smallest absolute Gasteiger partial charge is 0.259 e. The number of hydrogen-bond acceptors (Lipinski definition) is 2. The van der Waals surface area contributed by atoms with Gasteiger partial charge in [-0.2, -0.15) is 5.26 Å². The second kappa shape index (κ2) is 4.06. The lowest BCUT2D eigenvalue weighted by Crippen LogP contribution is -2.26. The second-order valence-electron chi connectivity index (χ2n) is 5.31. The third-order valence-corrected chi connectivity index (χ3v) is 2.90. The summed E-state index contributed by atoms with van der Waals surface area (Å²) in [5.74, 6) is -0.0659. The molecule has 0 aromatic carbocycles. The number of carbonyl (C=O) groups excluding carboxylic acids is 1. The summed E-state index contributed by atoms with van der Waals surface area (Å²) in [6.07, 6.45) is 2.77. The summed E-state index contributed by atoms with van der Waals surface area (Å²) < 4.78 is 0. The van der Waals surface area contributed by atoms with Gasteiger partial charge in [0.25, 0.3) is 5.91 Å². The molecule has 1 amide bonds. The maximum absolute atomic E-state index is 11.1. The minimum Gasteiger partial charge on any atom is -0.365 e. The molecule has 0 aromatic rings. The van der Waals surface area contributed by atoms with Crippen LogP contribution in [-0.4, -0.2) is 5.91 Å². The van der Waals surface area contributed by atoms with Crippen molar-refractivity contribution in [1.82, 2.24) is 0 Å². The molecule has 3 nitrogen and oxygen atoms in total. The van der Waals surface area contributed by atoms with E-state index in [1.165, 1.54) is 0 Å². The topological polar surface area (TPSA) is 66.9 Å². The lowest BCUT2D eigenvalue weighted by molar-refractivity contribution is -0.114. The van der Waals surface area contributed by atoms with Crippen molar-refractivity contribution in [3.63, 3.8) is 0 Å². The second-order valence-corrected chi connectivity index (χ2v) is 5.31. The van der Waals surface area contributed by atoms with Gasteiger partial charge in [0.05, 0.1) is 0 Å². The molecule has 1 saturated carbocycles. The number of rotatable bonds is 1. The highest BCUT2D eigenvalue weighted by atomic mass is 16.1. The van der Waals surface area contributed by atoms with Crippen LogP contribution in [0.15, 0.2) is 11.1 Å². The highest BCUT2D eigenvalue weighted by molar-refractivity contribution is 5.96. The molecule has 0 aromatic heterocycles. The third kappa shape index (κ3) is 2.82. The number of nitrogens with zero attached hydrogens (tertiary/aromatic N) is 1. The molecule has 0 spiro atoms. The molecule has 1 aliphatic carbocycles. The highest BCUT2D eigenvalue weighted by Gasteiger charge is 2.30. The summed E-state index contributed by atoms with van der Waals surface area (Å²) in [5.41, 5.74) is 6.48. The first-order valence-corrected chi connectivity index (χ1v) is 5.27. The summed E-state index contributed by atoms with van der Waals surface area (Å²) in [6, 6.07) is 1.93. The van der Waals surface area contributed by atoms with Gasteiger partial charge in [-0.25, -0.2) is 0 Å². The zero-order valence-corrected chi connectivity index (χ0v) is 9.63. The Morgan fingerprint density at radius 3 is 2.60 bits per heavy atom. The molecule has 0 saturated heterocycles. The molecular weight excluding hydrogens is 188 g/mol. The van der Waals surface area contributed by atoms with E-state index in [1.54, 1.807) is 0 Å². The Hall–Kier alpha value is -1.30. The maximum atomic E-state index is 11.1. The molecule has 1 fully saturated rings. The van der Waals surface area contributed by atoms with Crippen LogP contribution in [0.5, 0.6) is 0 Å². The number of primary amides is 1. The van der Waals surface area contributed by atoms with Crippen molar-refractivity contribution in [2.45, 2.75) is 40.0 Å². The number of carbonyl (C=O) groups is 1. The fourth-order valence-corrected chi connectivity index (χ4v) is 2.66. The van der Waals surface area contributed by atoms with E-state index in [2.05, 4.69) is 20.8 Å². The quantitative estimate of drug-likeness (QED) is 0.527. The Balaban J connectivity index is 3.05. The van der Waals surface area contributed by atoms with E-state index < -0.39 is 5.91 Å². The van der Waals surface area contributed by atoms with Gasteiger partial charge in [0.1, 0.15) is 11.6 Å². The van der Waals surface area contributed by atoms with Crippen LogP contribution in [0.25, 0.3) is 0 Å². The minimum absolute atomic E-state index is 0.171. The van der Waals surface area contributed by atoms with Gasteiger partial charge in [-0.15, -0.1) is 0 Å². The van der Waals surface area contributed by atoms with Crippen molar-refractivity contribution in [1.29, 1.82) is 5.26 Å². The Labute approximate surface area is 91.0 Å². The third-order valence-electron chi connectivity index (χ3n) is 2.90. The van der Waals surface area contributed by atoms with Crippen LogP contribution in [0.3, 0.4) is 0 Å². The molecule has 0 radical (unpaired) electrons. The van der Waals surface area contributed by atoms with Crippen LogP contribution < -0.4 is 5.73 Å². The zero-order chi connectivity index (χ0) is 11.6.